The van der Waals surface area contributed by atoms with Gasteiger partial charge < -0.3 is 16.4 Å². The first-order valence-corrected chi connectivity index (χ1v) is 9.74. The number of rotatable bonds is 8. The molecule has 1 aromatic rings. The number of primary amides is 1. The summed E-state index contributed by atoms with van der Waals surface area (Å²) in [5.74, 6) is 0.678. The lowest BCUT2D eigenvalue weighted by molar-refractivity contribution is -0.123. The van der Waals surface area contributed by atoms with Crippen LogP contribution in [0.2, 0.25) is 0 Å². The Labute approximate surface area is 180 Å². The summed E-state index contributed by atoms with van der Waals surface area (Å²) in [5.41, 5.74) is 7.93. The van der Waals surface area contributed by atoms with Crippen LogP contribution in [0.25, 0.3) is 0 Å². The van der Waals surface area contributed by atoms with Gasteiger partial charge in [0.15, 0.2) is 5.96 Å². The number of benzene rings is 1. The van der Waals surface area contributed by atoms with Crippen LogP contribution in [0.5, 0.6) is 0 Å². The fourth-order valence-corrected chi connectivity index (χ4v) is 3.27. The third kappa shape index (κ3) is 8.47. The molecule has 1 fully saturated rings. The van der Waals surface area contributed by atoms with Crippen molar-refractivity contribution in [3.63, 3.8) is 0 Å². The molecule has 27 heavy (non-hydrogen) atoms. The van der Waals surface area contributed by atoms with Gasteiger partial charge >= 0.3 is 0 Å². The number of halogens is 1. The third-order valence-electron chi connectivity index (χ3n) is 4.61. The second kappa shape index (κ2) is 12.9. The molecule has 1 aliphatic rings. The molecule has 0 aliphatic carbocycles. The second-order valence-corrected chi connectivity index (χ2v) is 6.92. The van der Waals surface area contributed by atoms with Gasteiger partial charge in [-0.25, -0.2) is 4.99 Å². The van der Waals surface area contributed by atoms with E-state index in [1.165, 1.54) is 11.1 Å². The summed E-state index contributed by atoms with van der Waals surface area (Å²) in [7, 11) is 0. The molecule has 1 amide bonds. The van der Waals surface area contributed by atoms with E-state index >= 15 is 0 Å². The number of carbonyl (C=O) groups excluding carboxylic acids is 1. The standard InChI is InChI=1S/C20H33N5O.HI/c1-3-10-23-20(22-4-2)24-13-16-7-5-8-17(12-16)14-25-11-6-9-18(15-25)19(21)26;/h5,7-8,12,18H,3-4,6,9-11,13-15H2,1-2H3,(H2,21,26)(H2,22,23,24);1H. The average Bonchev–Trinajstić information content (AvgIpc) is 2.64. The van der Waals surface area contributed by atoms with Gasteiger partial charge in [0.05, 0.1) is 12.5 Å². The van der Waals surface area contributed by atoms with Crippen molar-refractivity contribution in [2.45, 2.75) is 46.2 Å². The minimum atomic E-state index is -0.173. The van der Waals surface area contributed by atoms with E-state index in [-0.39, 0.29) is 35.8 Å². The molecule has 1 aliphatic heterocycles. The molecule has 1 heterocycles. The molecule has 1 atom stereocenters. The van der Waals surface area contributed by atoms with Gasteiger partial charge in [0, 0.05) is 26.2 Å². The van der Waals surface area contributed by atoms with Gasteiger partial charge in [0.2, 0.25) is 5.91 Å². The van der Waals surface area contributed by atoms with Gasteiger partial charge in [0.25, 0.3) is 0 Å². The molecule has 152 valence electrons. The van der Waals surface area contributed by atoms with E-state index in [0.29, 0.717) is 6.54 Å². The number of carbonyl (C=O) groups is 1. The van der Waals surface area contributed by atoms with Crippen molar-refractivity contribution in [3.05, 3.63) is 35.4 Å². The molecule has 4 N–H and O–H groups in total. The van der Waals surface area contributed by atoms with Crippen LogP contribution in [0, 0.1) is 5.92 Å². The monoisotopic (exact) mass is 487 g/mol. The zero-order valence-corrected chi connectivity index (χ0v) is 18.9. The maximum Gasteiger partial charge on any atom is 0.221 e. The first-order chi connectivity index (χ1) is 12.6. The summed E-state index contributed by atoms with van der Waals surface area (Å²) in [4.78, 5) is 18.4. The summed E-state index contributed by atoms with van der Waals surface area (Å²) >= 11 is 0. The molecule has 0 radical (unpaired) electrons. The Morgan fingerprint density at radius 3 is 2.78 bits per heavy atom. The predicted molar refractivity (Wildman–Crippen MR) is 122 cm³/mol. The van der Waals surface area contributed by atoms with Gasteiger partial charge in [0.1, 0.15) is 0 Å². The molecule has 6 nitrogen and oxygen atoms in total. The molecule has 1 unspecified atom stereocenters. The fraction of sp³-hybridized carbons (Fsp3) is 0.600. The SMILES string of the molecule is CCCNC(=NCc1cccc(CN2CCCC(C(N)=O)C2)c1)NCC.I. The Morgan fingerprint density at radius 2 is 2.07 bits per heavy atom. The summed E-state index contributed by atoms with van der Waals surface area (Å²) in [5, 5.41) is 6.59. The lowest BCUT2D eigenvalue weighted by Gasteiger charge is -2.31. The molecule has 0 spiro atoms. The number of piperidine rings is 1. The largest absolute Gasteiger partial charge is 0.369 e. The topological polar surface area (TPSA) is 82.8 Å². The highest BCUT2D eigenvalue weighted by atomic mass is 127. The minimum absolute atomic E-state index is 0. The Kier molecular flexibility index (Phi) is 11.3. The molecule has 0 bridgehead atoms. The molecule has 0 aromatic heterocycles. The van der Waals surface area contributed by atoms with Crippen LogP contribution in [0.3, 0.4) is 0 Å². The predicted octanol–water partition coefficient (Wildman–Crippen LogP) is 2.47. The number of amides is 1. The number of nitrogens with zero attached hydrogens (tertiary/aromatic N) is 2. The number of nitrogens with two attached hydrogens (primary N) is 1. The number of likely N-dealkylation sites (tertiary alicyclic amines) is 1. The van der Waals surface area contributed by atoms with Gasteiger partial charge in [-0.05, 0) is 43.9 Å². The van der Waals surface area contributed by atoms with Crippen LogP contribution in [0.4, 0.5) is 0 Å². The van der Waals surface area contributed by atoms with Gasteiger partial charge in [-0.2, -0.15) is 0 Å². The van der Waals surface area contributed by atoms with Crippen molar-refractivity contribution in [2.75, 3.05) is 26.2 Å². The normalized spacial score (nSPS) is 17.9. The molecular formula is C20H34IN5O. The smallest absolute Gasteiger partial charge is 0.221 e. The maximum absolute atomic E-state index is 11.5. The number of guanidine groups is 1. The van der Waals surface area contributed by atoms with Crippen molar-refractivity contribution in [3.8, 4) is 0 Å². The highest BCUT2D eigenvalue weighted by molar-refractivity contribution is 14.0. The molecule has 1 aromatic carbocycles. The van der Waals surface area contributed by atoms with Crippen LogP contribution in [0.1, 0.15) is 44.2 Å². The average molecular weight is 487 g/mol. The van der Waals surface area contributed by atoms with Crippen molar-refractivity contribution in [2.24, 2.45) is 16.6 Å². The van der Waals surface area contributed by atoms with Crippen molar-refractivity contribution < 1.29 is 4.79 Å². The number of hydrogen-bond acceptors (Lipinski definition) is 3. The molecule has 1 saturated heterocycles. The van der Waals surface area contributed by atoms with Crippen molar-refractivity contribution >= 4 is 35.8 Å². The second-order valence-electron chi connectivity index (χ2n) is 6.92. The Bertz CT molecular complexity index is 608. The zero-order chi connectivity index (χ0) is 18.8. The van der Waals surface area contributed by atoms with E-state index < -0.39 is 0 Å². The summed E-state index contributed by atoms with van der Waals surface area (Å²) in [6.45, 7) is 9.28. The summed E-state index contributed by atoms with van der Waals surface area (Å²) < 4.78 is 0. The quantitative estimate of drug-likeness (QED) is 0.299. The molecule has 0 saturated carbocycles. The minimum Gasteiger partial charge on any atom is -0.369 e. The molecule has 2 rings (SSSR count). The van der Waals surface area contributed by atoms with E-state index in [0.717, 1.165) is 57.9 Å². The van der Waals surface area contributed by atoms with Crippen molar-refractivity contribution in [1.82, 2.24) is 15.5 Å². The number of aliphatic imine (C=N–C) groups is 1. The van der Waals surface area contributed by atoms with Gasteiger partial charge in [-0.1, -0.05) is 31.2 Å². The zero-order valence-electron chi connectivity index (χ0n) is 16.5. The molecular weight excluding hydrogens is 453 g/mol. The van der Waals surface area contributed by atoms with Gasteiger partial charge in [-0.3, -0.25) is 9.69 Å². The highest BCUT2D eigenvalue weighted by Crippen LogP contribution is 2.19. The lowest BCUT2D eigenvalue weighted by atomic mass is 9.97. The van der Waals surface area contributed by atoms with Crippen LogP contribution in [-0.4, -0.2) is 42.9 Å². The van der Waals surface area contributed by atoms with E-state index in [9.17, 15) is 4.79 Å². The highest BCUT2D eigenvalue weighted by Gasteiger charge is 2.23. The van der Waals surface area contributed by atoms with Crippen molar-refractivity contribution in [1.29, 1.82) is 0 Å². The summed E-state index contributed by atoms with van der Waals surface area (Å²) in [6.07, 6.45) is 3.02. The van der Waals surface area contributed by atoms with Crippen LogP contribution < -0.4 is 16.4 Å². The Morgan fingerprint density at radius 1 is 1.30 bits per heavy atom. The number of hydrogen-bond donors (Lipinski definition) is 3. The lowest BCUT2D eigenvalue weighted by Crippen LogP contribution is -2.40. The first-order valence-electron chi connectivity index (χ1n) is 9.74. The van der Waals surface area contributed by atoms with Gasteiger partial charge in [-0.15, -0.1) is 24.0 Å². The Balaban J connectivity index is 0.00000364. The third-order valence-corrected chi connectivity index (χ3v) is 4.61. The summed E-state index contributed by atoms with van der Waals surface area (Å²) in [6, 6.07) is 8.54. The van der Waals surface area contributed by atoms with E-state index in [4.69, 9.17) is 5.73 Å². The van der Waals surface area contributed by atoms with E-state index in [1.54, 1.807) is 0 Å². The fourth-order valence-electron chi connectivity index (χ4n) is 3.27. The Hall–Kier alpha value is -1.35. The number of nitrogens with one attached hydrogen (secondary N) is 2. The first kappa shape index (κ1) is 23.7. The maximum atomic E-state index is 11.5. The van der Waals surface area contributed by atoms with Crippen LogP contribution in [0.15, 0.2) is 29.3 Å². The van der Waals surface area contributed by atoms with E-state index in [1.807, 2.05) is 0 Å². The van der Waals surface area contributed by atoms with Crippen LogP contribution >= 0.6 is 24.0 Å². The van der Waals surface area contributed by atoms with Crippen LogP contribution in [-0.2, 0) is 17.9 Å². The molecule has 7 heteroatoms. The van der Waals surface area contributed by atoms with E-state index in [2.05, 4.69) is 58.6 Å².